The van der Waals surface area contributed by atoms with Gasteiger partial charge in [0.2, 0.25) is 0 Å². The molecule has 0 radical (unpaired) electrons. The highest BCUT2D eigenvalue weighted by atomic mass is 35.5. The van der Waals surface area contributed by atoms with Crippen LogP contribution in [0.5, 0.6) is 0 Å². The molecule has 24 heavy (non-hydrogen) atoms. The second-order valence-electron chi connectivity index (χ2n) is 4.92. The number of rotatable bonds is 5. The molecule has 124 valence electrons. The first kappa shape index (κ1) is 17.6. The molecule has 0 heterocycles. The Bertz CT molecular complexity index is 805. The van der Waals surface area contributed by atoms with Crippen molar-refractivity contribution < 1.29 is 14.3 Å². The lowest BCUT2D eigenvalue weighted by atomic mass is 10.0. The molecule has 7 heteroatoms. The Morgan fingerprint density at radius 2 is 2.00 bits per heavy atom. The highest BCUT2D eigenvalue weighted by molar-refractivity contribution is 6.30. The van der Waals surface area contributed by atoms with Crippen LogP contribution in [0.15, 0.2) is 41.6 Å². The Hall–Kier alpha value is -2.73. The number of anilines is 1. The van der Waals surface area contributed by atoms with E-state index in [1.165, 1.54) is 18.2 Å². The average Bonchev–Trinajstić information content (AvgIpc) is 2.56. The van der Waals surface area contributed by atoms with E-state index in [1.807, 2.05) is 0 Å². The summed E-state index contributed by atoms with van der Waals surface area (Å²) in [6, 6.07) is 9.19. The van der Waals surface area contributed by atoms with Gasteiger partial charge < -0.3 is 10.1 Å². The first-order valence-corrected chi connectivity index (χ1v) is 7.56. The van der Waals surface area contributed by atoms with Crippen LogP contribution >= 0.6 is 11.6 Å². The zero-order valence-electron chi connectivity index (χ0n) is 13.1. The zero-order valence-corrected chi connectivity index (χ0v) is 13.9. The van der Waals surface area contributed by atoms with Gasteiger partial charge in [0.15, 0.2) is 0 Å². The van der Waals surface area contributed by atoms with Crippen molar-refractivity contribution in [3.8, 4) is 0 Å². The highest BCUT2D eigenvalue weighted by Gasteiger charge is 2.23. The number of ether oxygens (including phenoxy) is 1. The van der Waals surface area contributed by atoms with Crippen molar-refractivity contribution in [3.63, 3.8) is 0 Å². The fourth-order valence-electron chi connectivity index (χ4n) is 2.19. The smallest absolute Gasteiger partial charge is 0.339 e. The van der Waals surface area contributed by atoms with Gasteiger partial charge in [-0.3, -0.25) is 4.79 Å². The number of esters is 1. The molecule has 2 aromatic carbocycles. The summed E-state index contributed by atoms with van der Waals surface area (Å²) >= 11 is 5.89. The van der Waals surface area contributed by atoms with Crippen molar-refractivity contribution in [1.29, 1.82) is 0 Å². The number of halogens is 1. The van der Waals surface area contributed by atoms with Gasteiger partial charge in [0.1, 0.15) is 5.69 Å². The van der Waals surface area contributed by atoms with E-state index in [2.05, 4.69) is 10.5 Å². The van der Waals surface area contributed by atoms with Crippen LogP contribution in [-0.2, 0) is 4.74 Å². The van der Waals surface area contributed by atoms with Gasteiger partial charge in [0.05, 0.1) is 17.7 Å². The maximum Gasteiger partial charge on any atom is 0.339 e. The van der Waals surface area contributed by atoms with Crippen LogP contribution in [0.2, 0.25) is 5.02 Å². The van der Waals surface area contributed by atoms with Crippen molar-refractivity contribution in [2.45, 2.75) is 13.8 Å². The van der Waals surface area contributed by atoms with E-state index < -0.39 is 11.9 Å². The molecule has 0 atom stereocenters. The van der Waals surface area contributed by atoms with Crippen molar-refractivity contribution >= 4 is 34.9 Å². The minimum atomic E-state index is -0.694. The molecule has 0 spiro atoms. The van der Waals surface area contributed by atoms with Crippen LogP contribution in [0.3, 0.4) is 0 Å². The summed E-state index contributed by atoms with van der Waals surface area (Å²) in [5.41, 5.74) is 0.980. The van der Waals surface area contributed by atoms with E-state index in [9.17, 15) is 14.5 Å². The van der Waals surface area contributed by atoms with Crippen molar-refractivity contribution in [2.75, 3.05) is 11.9 Å². The Labute approximate surface area is 143 Å². The van der Waals surface area contributed by atoms with E-state index in [1.54, 1.807) is 32.0 Å². The largest absolute Gasteiger partial charge is 0.462 e. The molecule has 0 unspecified atom stereocenters. The Kier molecular flexibility index (Phi) is 5.65. The molecule has 1 N–H and O–H groups in total. The van der Waals surface area contributed by atoms with E-state index in [0.717, 1.165) is 5.56 Å². The molecular weight excluding hydrogens is 332 g/mol. The maximum absolute atomic E-state index is 12.6. The zero-order chi connectivity index (χ0) is 17.7. The number of carbonyl (C=O) groups excluding carboxylic acids is 2. The quantitative estimate of drug-likeness (QED) is 0.639. The first-order chi connectivity index (χ1) is 11.5. The second-order valence-corrected chi connectivity index (χ2v) is 5.36. The third kappa shape index (κ3) is 3.78. The minimum absolute atomic E-state index is 0.0157. The average molecular weight is 347 g/mol. The molecular formula is C17H15ClN2O4. The summed E-state index contributed by atoms with van der Waals surface area (Å²) in [4.78, 5) is 35.7. The monoisotopic (exact) mass is 346 g/mol. The molecule has 2 aromatic rings. The molecule has 0 saturated carbocycles. The summed E-state index contributed by atoms with van der Waals surface area (Å²) < 4.78 is 4.93. The highest BCUT2D eigenvalue weighted by Crippen LogP contribution is 2.26. The van der Waals surface area contributed by atoms with Gasteiger partial charge in [-0.1, -0.05) is 17.7 Å². The van der Waals surface area contributed by atoms with Crippen LogP contribution in [0.4, 0.5) is 11.4 Å². The second kappa shape index (κ2) is 7.70. The predicted molar refractivity (Wildman–Crippen MR) is 92.0 cm³/mol. The number of nitrogens with one attached hydrogen (secondary N) is 1. The Balaban J connectivity index is 2.44. The van der Waals surface area contributed by atoms with E-state index >= 15 is 0 Å². The number of carbonyl (C=O) groups is 2. The summed E-state index contributed by atoms with van der Waals surface area (Å²) in [6.07, 6.45) is 0. The standard InChI is InChI=1S/C17H15ClN2O4/c1-3-24-17(22)12-5-4-6-14(20-23)15(12)16(21)19-13-8-7-11(18)9-10(13)2/h4-9H,3H2,1-2H3,(H,19,21). The van der Waals surface area contributed by atoms with Gasteiger partial charge in [-0.05, 0) is 54.9 Å². The number of benzene rings is 2. The molecule has 0 aromatic heterocycles. The maximum atomic E-state index is 12.6. The van der Waals surface area contributed by atoms with Crippen molar-refractivity contribution in [1.82, 2.24) is 0 Å². The van der Waals surface area contributed by atoms with Gasteiger partial charge in [0, 0.05) is 10.7 Å². The van der Waals surface area contributed by atoms with Crippen molar-refractivity contribution in [2.24, 2.45) is 5.18 Å². The summed E-state index contributed by atoms with van der Waals surface area (Å²) in [5.74, 6) is -1.32. The lowest BCUT2D eigenvalue weighted by Crippen LogP contribution is -2.18. The fraction of sp³-hybridized carbons (Fsp3) is 0.176. The van der Waals surface area contributed by atoms with Gasteiger partial charge in [0.25, 0.3) is 5.91 Å². The molecule has 2 rings (SSSR count). The summed E-state index contributed by atoms with van der Waals surface area (Å²) in [6.45, 7) is 3.57. The van der Waals surface area contributed by atoms with Crippen LogP contribution in [0.1, 0.15) is 33.2 Å². The lowest BCUT2D eigenvalue weighted by molar-refractivity contribution is 0.0523. The Morgan fingerprint density at radius 1 is 1.25 bits per heavy atom. The number of nitroso groups, excluding NO2 is 1. The van der Waals surface area contributed by atoms with Gasteiger partial charge in [-0.2, -0.15) is 0 Å². The Morgan fingerprint density at radius 3 is 2.62 bits per heavy atom. The van der Waals surface area contributed by atoms with E-state index in [-0.39, 0.29) is 23.4 Å². The van der Waals surface area contributed by atoms with Crippen LogP contribution in [0.25, 0.3) is 0 Å². The molecule has 0 fully saturated rings. The molecule has 0 aliphatic carbocycles. The minimum Gasteiger partial charge on any atom is -0.462 e. The van der Waals surface area contributed by atoms with Crippen LogP contribution < -0.4 is 5.32 Å². The normalized spacial score (nSPS) is 10.1. The number of hydrogen-bond acceptors (Lipinski definition) is 5. The number of nitrogens with zero attached hydrogens (tertiary/aromatic N) is 1. The lowest BCUT2D eigenvalue weighted by Gasteiger charge is -2.12. The van der Waals surface area contributed by atoms with E-state index in [4.69, 9.17) is 16.3 Å². The number of amides is 1. The summed E-state index contributed by atoms with van der Waals surface area (Å²) in [7, 11) is 0. The first-order valence-electron chi connectivity index (χ1n) is 7.19. The molecule has 0 aliphatic heterocycles. The van der Waals surface area contributed by atoms with E-state index in [0.29, 0.717) is 10.7 Å². The molecule has 0 bridgehead atoms. The van der Waals surface area contributed by atoms with Gasteiger partial charge >= 0.3 is 5.97 Å². The third-order valence-corrected chi connectivity index (χ3v) is 3.53. The molecule has 0 saturated heterocycles. The summed E-state index contributed by atoms with van der Waals surface area (Å²) in [5, 5.41) is 6.03. The SMILES string of the molecule is CCOC(=O)c1cccc(N=O)c1C(=O)Nc1ccc(Cl)cc1C. The van der Waals surface area contributed by atoms with Crippen LogP contribution in [0, 0.1) is 11.8 Å². The molecule has 6 nitrogen and oxygen atoms in total. The van der Waals surface area contributed by atoms with Gasteiger partial charge in [-0.15, -0.1) is 4.91 Å². The van der Waals surface area contributed by atoms with Crippen molar-refractivity contribution in [3.05, 3.63) is 63.0 Å². The number of hydrogen-bond donors (Lipinski definition) is 1. The molecule has 1 amide bonds. The fourth-order valence-corrected chi connectivity index (χ4v) is 2.41. The van der Waals surface area contributed by atoms with Crippen LogP contribution in [-0.4, -0.2) is 18.5 Å². The third-order valence-electron chi connectivity index (χ3n) is 3.30. The topological polar surface area (TPSA) is 84.8 Å². The number of aryl methyl sites for hydroxylation is 1. The predicted octanol–water partition coefficient (Wildman–Crippen LogP) is 4.48. The van der Waals surface area contributed by atoms with Gasteiger partial charge in [-0.25, -0.2) is 4.79 Å². The molecule has 0 aliphatic rings.